The fourth-order valence-electron chi connectivity index (χ4n) is 3.13. The Hall–Kier alpha value is -0.860. The molecule has 2 rings (SSSR count). The molecule has 1 N–H and O–H groups in total. The second kappa shape index (κ2) is 5.64. The molecule has 2 heteroatoms. The third kappa shape index (κ3) is 3.37. The highest BCUT2D eigenvalue weighted by atomic mass is 16.3. The van der Waals surface area contributed by atoms with Crippen LogP contribution in [-0.4, -0.2) is 29.6 Å². The Morgan fingerprint density at radius 1 is 1.21 bits per heavy atom. The van der Waals surface area contributed by atoms with E-state index >= 15 is 0 Å². The molecule has 19 heavy (non-hydrogen) atoms. The standard InChI is InChI=1S/C17H27NO/c1-13(2)12-18-9-7-17(19,8-10-18)16-11-14(3)5-6-15(16)4/h5-6,11,13,19H,7-10,12H2,1-4H3. The Bertz CT molecular complexity index is 431. The summed E-state index contributed by atoms with van der Waals surface area (Å²) >= 11 is 0. The molecule has 1 aliphatic heterocycles. The number of piperidine rings is 1. The average Bonchev–Trinajstić information content (AvgIpc) is 2.35. The quantitative estimate of drug-likeness (QED) is 0.903. The van der Waals surface area contributed by atoms with Gasteiger partial charge in [0.15, 0.2) is 0 Å². The number of aliphatic hydroxyl groups is 1. The van der Waals surface area contributed by atoms with E-state index in [1.807, 2.05) is 0 Å². The van der Waals surface area contributed by atoms with Gasteiger partial charge in [-0.15, -0.1) is 0 Å². The van der Waals surface area contributed by atoms with Crippen molar-refractivity contribution in [3.8, 4) is 0 Å². The molecule has 1 heterocycles. The van der Waals surface area contributed by atoms with Crippen LogP contribution in [0.25, 0.3) is 0 Å². The summed E-state index contributed by atoms with van der Waals surface area (Å²) in [4.78, 5) is 2.48. The van der Waals surface area contributed by atoms with Gasteiger partial charge in [0, 0.05) is 19.6 Å². The van der Waals surface area contributed by atoms with Crippen LogP contribution in [0.4, 0.5) is 0 Å². The fraction of sp³-hybridized carbons (Fsp3) is 0.647. The molecule has 1 aliphatic rings. The van der Waals surface area contributed by atoms with Crippen LogP contribution < -0.4 is 0 Å². The zero-order chi connectivity index (χ0) is 14.0. The maximum Gasteiger partial charge on any atom is 0.0923 e. The summed E-state index contributed by atoms with van der Waals surface area (Å²) in [6.07, 6.45) is 1.70. The zero-order valence-electron chi connectivity index (χ0n) is 12.7. The van der Waals surface area contributed by atoms with Crippen molar-refractivity contribution in [2.24, 2.45) is 5.92 Å². The molecule has 0 atom stereocenters. The Labute approximate surface area is 117 Å². The minimum Gasteiger partial charge on any atom is -0.385 e. The summed E-state index contributed by atoms with van der Waals surface area (Å²) in [7, 11) is 0. The van der Waals surface area contributed by atoms with Crippen LogP contribution in [0.15, 0.2) is 18.2 Å². The lowest BCUT2D eigenvalue weighted by atomic mass is 9.81. The molecule has 1 saturated heterocycles. The number of rotatable bonds is 3. The summed E-state index contributed by atoms with van der Waals surface area (Å²) in [5.41, 5.74) is 2.96. The first-order valence-electron chi connectivity index (χ1n) is 7.43. The fourth-order valence-corrected chi connectivity index (χ4v) is 3.13. The van der Waals surface area contributed by atoms with E-state index in [-0.39, 0.29) is 0 Å². The highest BCUT2D eigenvalue weighted by molar-refractivity contribution is 5.35. The molecule has 0 spiro atoms. The highest BCUT2D eigenvalue weighted by Crippen LogP contribution is 2.35. The normalized spacial score (nSPS) is 19.9. The van der Waals surface area contributed by atoms with E-state index in [9.17, 15) is 5.11 Å². The Morgan fingerprint density at radius 2 is 1.84 bits per heavy atom. The van der Waals surface area contributed by atoms with Crippen molar-refractivity contribution in [1.29, 1.82) is 0 Å². The summed E-state index contributed by atoms with van der Waals surface area (Å²) < 4.78 is 0. The second-order valence-electron chi connectivity index (χ2n) is 6.54. The molecule has 0 amide bonds. The number of hydrogen-bond acceptors (Lipinski definition) is 2. The third-order valence-electron chi connectivity index (χ3n) is 4.20. The molecule has 106 valence electrons. The summed E-state index contributed by atoms with van der Waals surface area (Å²) in [5, 5.41) is 11.0. The van der Waals surface area contributed by atoms with Gasteiger partial charge in [-0.05, 0) is 43.7 Å². The molecule has 0 aromatic heterocycles. The molecule has 0 unspecified atom stereocenters. The molecule has 0 saturated carbocycles. The van der Waals surface area contributed by atoms with Gasteiger partial charge in [0.1, 0.15) is 0 Å². The molecule has 0 bridgehead atoms. The Kier molecular flexibility index (Phi) is 4.32. The minimum atomic E-state index is -0.621. The third-order valence-corrected chi connectivity index (χ3v) is 4.20. The minimum absolute atomic E-state index is 0.621. The smallest absolute Gasteiger partial charge is 0.0923 e. The van der Waals surface area contributed by atoms with E-state index in [1.54, 1.807) is 0 Å². The van der Waals surface area contributed by atoms with E-state index in [0.29, 0.717) is 5.92 Å². The van der Waals surface area contributed by atoms with Crippen LogP contribution in [-0.2, 0) is 5.60 Å². The topological polar surface area (TPSA) is 23.5 Å². The second-order valence-corrected chi connectivity index (χ2v) is 6.54. The lowest BCUT2D eigenvalue weighted by Gasteiger charge is -2.40. The maximum atomic E-state index is 11.0. The lowest BCUT2D eigenvalue weighted by molar-refractivity contribution is -0.0284. The van der Waals surface area contributed by atoms with Crippen molar-refractivity contribution in [1.82, 2.24) is 4.90 Å². The summed E-state index contributed by atoms with van der Waals surface area (Å²) in [6.45, 7) is 11.9. The van der Waals surface area contributed by atoms with Crippen molar-refractivity contribution in [3.63, 3.8) is 0 Å². The van der Waals surface area contributed by atoms with Gasteiger partial charge in [-0.25, -0.2) is 0 Å². The number of aryl methyl sites for hydroxylation is 2. The Morgan fingerprint density at radius 3 is 2.42 bits per heavy atom. The molecule has 1 aromatic carbocycles. The van der Waals surface area contributed by atoms with Crippen molar-refractivity contribution in [2.45, 2.75) is 46.1 Å². The van der Waals surface area contributed by atoms with Gasteiger partial charge in [0.2, 0.25) is 0 Å². The predicted molar refractivity (Wildman–Crippen MR) is 80.3 cm³/mol. The molecule has 1 fully saturated rings. The molecule has 0 radical (unpaired) electrons. The predicted octanol–water partition coefficient (Wildman–Crippen LogP) is 3.24. The van der Waals surface area contributed by atoms with E-state index in [1.165, 1.54) is 11.1 Å². The van der Waals surface area contributed by atoms with Gasteiger partial charge in [-0.2, -0.15) is 0 Å². The number of likely N-dealkylation sites (tertiary alicyclic amines) is 1. The van der Waals surface area contributed by atoms with Crippen molar-refractivity contribution < 1.29 is 5.11 Å². The number of nitrogens with zero attached hydrogens (tertiary/aromatic N) is 1. The van der Waals surface area contributed by atoms with Crippen molar-refractivity contribution >= 4 is 0 Å². The number of benzene rings is 1. The van der Waals surface area contributed by atoms with Gasteiger partial charge < -0.3 is 10.0 Å². The van der Waals surface area contributed by atoms with E-state index < -0.39 is 5.60 Å². The molecule has 2 nitrogen and oxygen atoms in total. The first-order chi connectivity index (χ1) is 8.90. The molecule has 1 aromatic rings. The van der Waals surface area contributed by atoms with E-state index in [0.717, 1.165) is 38.0 Å². The van der Waals surface area contributed by atoms with Crippen molar-refractivity contribution in [2.75, 3.05) is 19.6 Å². The van der Waals surface area contributed by atoms with Crippen LogP contribution in [0.2, 0.25) is 0 Å². The van der Waals surface area contributed by atoms with Crippen LogP contribution in [0.5, 0.6) is 0 Å². The van der Waals surface area contributed by atoms with Crippen molar-refractivity contribution in [3.05, 3.63) is 34.9 Å². The molecule has 0 aliphatic carbocycles. The Balaban J connectivity index is 2.11. The molecular weight excluding hydrogens is 234 g/mol. The largest absolute Gasteiger partial charge is 0.385 e. The van der Waals surface area contributed by atoms with Crippen LogP contribution in [0.1, 0.15) is 43.4 Å². The number of hydrogen-bond donors (Lipinski definition) is 1. The highest BCUT2D eigenvalue weighted by Gasteiger charge is 2.35. The van der Waals surface area contributed by atoms with Crippen LogP contribution in [0.3, 0.4) is 0 Å². The zero-order valence-corrected chi connectivity index (χ0v) is 12.7. The maximum absolute atomic E-state index is 11.0. The monoisotopic (exact) mass is 261 g/mol. The van der Waals surface area contributed by atoms with Crippen LogP contribution >= 0.6 is 0 Å². The van der Waals surface area contributed by atoms with Gasteiger partial charge in [-0.1, -0.05) is 37.6 Å². The van der Waals surface area contributed by atoms with Gasteiger partial charge in [-0.3, -0.25) is 0 Å². The lowest BCUT2D eigenvalue weighted by Crippen LogP contribution is -2.44. The van der Waals surface area contributed by atoms with Gasteiger partial charge in [0.05, 0.1) is 5.60 Å². The summed E-state index contributed by atoms with van der Waals surface area (Å²) in [6, 6.07) is 6.41. The molecular formula is C17H27NO. The average molecular weight is 261 g/mol. The van der Waals surface area contributed by atoms with Crippen LogP contribution in [0, 0.1) is 19.8 Å². The van der Waals surface area contributed by atoms with E-state index in [4.69, 9.17) is 0 Å². The van der Waals surface area contributed by atoms with Gasteiger partial charge >= 0.3 is 0 Å². The first-order valence-corrected chi connectivity index (χ1v) is 7.43. The van der Waals surface area contributed by atoms with E-state index in [2.05, 4.69) is 50.8 Å². The SMILES string of the molecule is Cc1ccc(C)c(C2(O)CCN(CC(C)C)CC2)c1. The first kappa shape index (κ1) is 14.5. The van der Waals surface area contributed by atoms with Gasteiger partial charge in [0.25, 0.3) is 0 Å². The summed E-state index contributed by atoms with van der Waals surface area (Å²) in [5.74, 6) is 0.701.